The van der Waals surface area contributed by atoms with Crippen molar-refractivity contribution in [2.75, 3.05) is 13.1 Å². The highest BCUT2D eigenvalue weighted by Gasteiger charge is 2.25. The number of carbonyl (C=O) groups excluding carboxylic acids is 1. The van der Waals surface area contributed by atoms with E-state index in [-0.39, 0.29) is 17.8 Å². The lowest BCUT2D eigenvalue weighted by Crippen LogP contribution is -2.37. The summed E-state index contributed by atoms with van der Waals surface area (Å²) in [7, 11) is 0. The van der Waals surface area contributed by atoms with Gasteiger partial charge in [-0.05, 0) is 48.5 Å². The van der Waals surface area contributed by atoms with Crippen LogP contribution in [0.15, 0.2) is 60.8 Å². The van der Waals surface area contributed by atoms with Crippen LogP contribution in [0.3, 0.4) is 0 Å². The third-order valence-corrected chi connectivity index (χ3v) is 5.25. The molecule has 0 aliphatic carbocycles. The Balaban J connectivity index is 1.44. The molecule has 0 radical (unpaired) electrons. The van der Waals surface area contributed by atoms with E-state index in [4.69, 9.17) is 12.2 Å². The molecule has 1 fully saturated rings. The minimum atomic E-state index is -0.332. The summed E-state index contributed by atoms with van der Waals surface area (Å²) in [5.74, 6) is -0.524. The van der Waals surface area contributed by atoms with E-state index in [9.17, 15) is 9.18 Å². The van der Waals surface area contributed by atoms with E-state index in [0.717, 1.165) is 26.1 Å². The second-order valence-corrected chi connectivity index (χ2v) is 7.36. The van der Waals surface area contributed by atoms with Crippen molar-refractivity contribution in [1.82, 2.24) is 19.8 Å². The Kier molecular flexibility index (Phi) is 5.36. The Labute approximate surface area is 167 Å². The van der Waals surface area contributed by atoms with E-state index in [1.54, 1.807) is 22.9 Å². The highest BCUT2D eigenvalue weighted by molar-refractivity contribution is 7.71. The number of benzene rings is 2. The van der Waals surface area contributed by atoms with Crippen LogP contribution in [0.5, 0.6) is 0 Å². The fourth-order valence-electron chi connectivity index (χ4n) is 3.58. The predicted octanol–water partition coefficient (Wildman–Crippen LogP) is 3.68. The number of likely N-dealkylation sites (tertiary alicyclic amines) is 1. The Morgan fingerprint density at radius 2 is 1.93 bits per heavy atom. The zero-order chi connectivity index (χ0) is 19.5. The van der Waals surface area contributed by atoms with E-state index in [1.165, 1.54) is 17.7 Å². The summed E-state index contributed by atoms with van der Waals surface area (Å²) < 4.78 is 15.2. The fraction of sp³-hybridized carbons (Fsp3) is 0.238. The summed E-state index contributed by atoms with van der Waals surface area (Å²) in [5, 5.41) is 3.10. The van der Waals surface area contributed by atoms with Crippen LogP contribution in [0.1, 0.15) is 22.5 Å². The summed E-state index contributed by atoms with van der Waals surface area (Å²) >= 11 is 5.31. The van der Waals surface area contributed by atoms with Gasteiger partial charge < -0.3 is 10.3 Å². The molecule has 28 heavy (non-hydrogen) atoms. The minimum Gasteiger partial charge on any atom is -0.347 e. The summed E-state index contributed by atoms with van der Waals surface area (Å²) in [6, 6.07) is 16.3. The number of carbonyl (C=O) groups is 1. The monoisotopic (exact) mass is 396 g/mol. The van der Waals surface area contributed by atoms with Crippen molar-refractivity contribution in [2.45, 2.75) is 19.0 Å². The summed E-state index contributed by atoms with van der Waals surface area (Å²) in [5.41, 5.74) is 2.33. The molecule has 0 saturated carbocycles. The smallest absolute Gasteiger partial charge is 0.270 e. The Bertz CT molecular complexity index is 1010. The molecule has 0 spiro atoms. The molecule has 1 aliphatic heterocycles. The molecule has 1 amide bonds. The van der Waals surface area contributed by atoms with Crippen molar-refractivity contribution in [1.29, 1.82) is 0 Å². The van der Waals surface area contributed by atoms with E-state index >= 15 is 0 Å². The van der Waals surface area contributed by atoms with Crippen LogP contribution in [0, 0.1) is 10.6 Å². The quantitative estimate of drug-likeness (QED) is 0.647. The van der Waals surface area contributed by atoms with Crippen molar-refractivity contribution in [3.05, 3.63) is 82.6 Å². The highest BCUT2D eigenvalue weighted by Crippen LogP contribution is 2.16. The van der Waals surface area contributed by atoms with Crippen LogP contribution in [0.25, 0.3) is 5.69 Å². The lowest BCUT2D eigenvalue weighted by molar-refractivity contribution is 0.0930. The van der Waals surface area contributed by atoms with Crippen molar-refractivity contribution in [2.24, 2.45) is 0 Å². The van der Waals surface area contributed by atoms with Crippen molar-refractivity contribution >= 4 is 18.1 Å². The number of amides is 1. The molecule has 1 saturated heterocycles. The normalized spacial score (nSPS) is 17.0. The molecule has 2 heterocycles. The molecule has 4 rings (SSSR count). The zero-order valence-corrected chi connectivity index (χ0v) is 16.1. The molecule has 3 aromatic rings. The Hall–Kier alpha value is -2.77. The molecule has 1 aliphatic rings. The minimum absolute atomic E-state index is 0.0846. The summed E-state index contributed by atoms with van der Waals surface area (Å²) in [6.07, 6.45) is 2.50. The first kappa shape index (κ1) is 18.6. The first-order chi connectivity index (χ1) is 13.6. The van der Waals surface area contributed by atoms with Gasteiger partial charge in [-0.25, -0.2) is 4.39 Å². The lowest BCUT2D eigenvalue weighted by atomic mass is 10.2. The van der Waals surface area contributed by atoms with Crippen LogP contribution in [0.2, 0.25) is 0 Å². The molecular weight excluding hydrogens is 375 g/mol. The van der Waals surface area contributed by atoms with Crippen LogP contribution < -0.4 is 5.32 Å². The molecule has 2 N–H and O–H groups in total. The van der Waals surface area contributed by atoms with Gasteiger partial charge >= 0.3 is 0 Å². The number of H-pyrrole nitrogens is 1. The predicted molar refractivity (Wildman–Crippen MR) is 109 cm³/mol. The van der Waals surface area contributed by atoms with E-state index < -0.39 is 0 Å². The number of hydrogen-bond acceptors (Lipinski definition) is 3. The molecule has 5 nitrogen and oxygen atoms in total. The third kappa shape index (κ3) is 4.05. The first-order valence-corrected chi connectivity index (χ1v) is 9.64. The van der Waals surface area contributed by atoms with E-state index in [2.05, 4.69) is 27.3 Å². The van der Waals surface area contributed by atoms with Crippen molar-refractivity contribution in [3.63, 3.8) is 0 Å². The molecule has 144 valence electrons. The van der Waals surface area contributed by atoms with Crippen LogP contribution in [-0.4, -0.2) is 39.5 Å². The maximum absolute atomic E-state index is 13.2. The number of aromatic amines is 1. The van der Waals surface area contributed by atoms with Gasteiger partial charge in [0.05, 0.1) is 0 Å². The third-order valence-electron chi connectivity index (χ3n) is 4.95. The van der Waals surface area contributed by atoms with Gasteiger partial charge in [0.2, 0.25) is 0 Å². The maximum atomic E-state index is 13.2. The number of imidazole rings is 1. The molecule has 2 aromatic carbocycles. The molecule has 0 bridgehead atoms. The van der Waals surface area contributed by atoms with E-state index in [0.29, 0.717) is 16.2 Å². The molecule has 1 atom stereocenters. The molecule has 7 heteroatoms. The second kappa shape index (κ2) is 8.08. The SMILES string of the molecule is O=C(NC1CCN(Cc2ccccc2)C1)c1c[nH]c(=S)n1-c1ccc(F)cc1. The maximum Gasteiger partial charge on any atom is 0.270 e. The standard InChI is InChI=1S/C21H21FN4OS/c22-16-6-8-18(9-7-16)26-19(12-23-21(26)28)20(27)24-17-10-11-25(14-17)13-15-4-2-1-3-5-15/h1-9,12,17H,10-11,13-14H2,(H,23,28)(H,24,27). The molecule has 1 unspecified atom stereocenters. The number of nitrogens with one attached hydrogen (secondary N) is 2. The summed E-state index contributed by atoms with van der Waals surface area (Å²) in [6.45, 7) is 2.63. The molecular formula is C21H21FN4OS. The van der Waals surface area contributed by atoms with Gasteiger partial charge in [0, 0.05) is 37.6 Å². The average Bonchev–Trinajstić information content (AvgIpc) is 3.30. The van der Waals surface area contributed by atoms with Gasteiger partial charge in [0.15, 0.2) is 4.77 Å². The van der Waals surface area contributed by atoms with Gasteiger partial charge in [0.25, 0.3) is 5.91 Å². The Morgan fingerprint density at radius 1 is 1.18 bits per heavy atom. The average molecular weight is 396 g/mol. The van der Waals surface area contributed by atoms with Crippen molar-refractivity contribution < 1.29 is 9.18 Å². The number of aromatic nitrogens is 2. The highest BCUT2D eigenvalue weighted by atomic mass is 32.1. The number of nitrogens with zero attached hydrogens (tertiary/aromatic N) is 2. The van der Waals surface area contributed by atoms with Crippen LogP contribution in [-0.2, 0) is 6.54 Å². The van der Waals surface area contributed by atoms with Gasteiger partial charge in [-0.1, -0.05) is 30.3 Å². The van der Waals surface area contributed by atoms with Gasteiger partial charge in [-0.3, -0.25) is 14.3 Å². The first-order valence-electron chi connectivity index (χ1n) is 9.23. The Morgan fingerprint density at radius 3 is 2.68 bits per heavy atom. The van der Waals surface area contributed by atoms with Crippen molar-refractivity contribution in [3.8, 4) is 5.69 Å². The van der Waals surface area contributed by atoms with Crippen LogP contribution >= 0.6 is 12.2 Å². The zero-order valence-electron chi connectivity index (χ0n) is 15.3. The van der Waals surface area contributed by atoms with Gasteiger partial charge in [-0.2, -0.15) is 0 Å². The lowest BCUT2D eigenvalue weighted by Gasteiger charge is -2.17. The molecule has 1 aromatic heterocycles. The number of rotatable bonds is 5. The van der Waals surface area contributed by atoms with E-state index in [1.807, 2.05) is 18.2 Å². The van der Waals surface area contributed by atoms with Gasteiger partial charge in [-0.15, -0.1) is 0 Å². The second-order valence-electron chi connectivity index (χ2n) is 6.97. The van der Waals surface area contributed by atoms with Gasteiger partial charge in [0.1, 0.15) is 11.5 Å². The summed E-state index contributed by atoms with van der Waals surface area (Å²) in [4.78, 5) is 18.1. The number of hydrogen-bond donors (Lipinski definition) is 2. The fourth-order valence-corrected chi connectivity index (χ4v) is 3.84. The number of halogens is 1. The largest absolute Gasteiger partial charge is 0.347 e. The topological polar surface area (TPSA) is 53.1 Å². The van der Waals surface area contributed by atoms with Crippen LogP contribution in [0.4, 0.5) is 4.39 Å².